The van der Waals surface area contributed by atoms with Gasteiger partial charge in [0.1, 0.15) is 0 Å². The summed E-state index contributed by atoms with van der Waals surface area (Å²) in [5.74, 6) is 0. The Morgan fingerprint density at radius 1 is 0.488 bits per heavy atom. The van der Waals surface area contributed by atoms with Gasteiger partial charge in [0.05, 0.1) is 16.7 Å². The molecule has 0 amide bonds. The summed E-state index contributed by atoms with van der Waals surface area (Å²) >= 11 is 0. The van der Waals surface area contributed by atoms with Crippen molar-refractivity contribution in [2.75, 3.05) is 4.90 Å². The van der Waals surface area contributed by atoms with E-state index in [1.165, 1.54) is 55.4 Å². The summed E-state index contributed by atoms with van der Waals surface area (Å²) in [6.45, 7) is 4.74. The van der Waals surface area contributed by atoms with Gasteiger partial charge < -0.3 is 9.47 Å². The lowest BCUT2D eigenvalue weighted by atomic mass is 9.74. The van der Waals surface area contributed by atoms with Gasteiger partial charge in [0.15, 0.2) is 0 Å². The first kappa shape index (κ1) is 23.8. The Morgan fingerprint density at radius 3 is 1.78 bits per heavy atom. The quantitative estimate of drug-likeness (QED) is 0.221. The van der Waals surface area contributed by atoms with E-state index in [0.29, 0.717) is 0 Å². The van der Waals surface area contributed by atoms with E-state index in [9.17, 15) is 0 Å². The molecule has 41 heavy (non-hydrogen) atoms. The van der Waals surface area contributed by atoms with Crippen molar-refractivity contribution in [1.29, 1.82) is 0 Å². The van der Waals surface area contributed by atoms with Crippen LogP contribution in [0.3, 0.4) is 0 Å². The molecule has 0 spiro atoms. The predicted molar refractivity (Wildman–Crippen MR) is 173 cm³/mol. The minimum atomic E-state index is -0.170. The summed E-state index contributed by atoms with van der Waals surface area (Å²) < 4.78 is 2.49. The molecule has 1 aromatic heterocycles. The van der Waals surface area contributed by atoms with Crippen LogP contribution in [0.25, 0.3) is 38.6 Å². The molecule has 2 heteroatoms. The van der Waals surface area contributed by atoms with E-state index < -0.39 is 0 Å². The molecule has 2 nitrogen and oxygen atoms in total. The molecule has 0 saturated carbocycles. The second-order valence-electron chi connectivity index (χ2n) is 11.5. The lowest BCUT2D eigenvalue weighted by molar-refractivity contribution is 0.630. The molecule has 1 aliphatic heterocycles. The highest BCUT2D eigenvalue weighted by Crippen LogP contribution is 2.50. The first-order valence-corrected chi connectivity index (χ1v) is 14.3. The first-order valence-electron chi connectivity index (χ1n) is 14.3. The number of benzene rings is 6. The zero-order valence-corrected chi connectivity index (χ0v) is 23.3. The van der Waals surface area contributed by atoms with E-state index in [-0.39, 0.29) is 5.41 Å². The highest BCUT2D eigenvalue weighted by atomic mass is 15.1. The van der Waals surface area contributed by atoms with Gasteiger partial charge in [0, 0.05) is 33.2 Å². The lowest BCUT2D eigenvalue weighted by Crippen LogP contribution is -2.26. The second-order valence-corrected chi connectivity index (χ2v) is 11.5. The van der Waals surface area contributed by atoms with Gasteiger partial charge in [0.25, 0.3) is 0 Å². The van der Waals surface area contributed by atoms with Crippen LogP contribution in [0, 0.1) is 0 Å². The second kappa shape index (κ2) is 8.97. The van der Waals surface area contributed by atoms with Crippen LogP contribution in [0.5, 0.6) is 0 Å². The van der Waals surface area contributed by atoms with Gasteiger partial charge in [-0.15, -0.1) is 0 Å². The summed E-state index contributed by atoms with van der Waals surface area (Å²) in [5, 5.41) is 2.56. The van der Waals surface area contributed by atoms with Gasteiger partial charge in [-0.25, -0.2) is 0 Å². The topological polar surface area (TPSA) is 8.17 Å². The molecule has 8 rings (SSSR count). The fraction of sp³-hybridized carbons (Fsp3) is 0.0769. The first-order chi connectivity index (χ1) is 20.1. The molecule has 6 aromatic carbocycles. The van der Waals surface area contributed by atoms with Crippen molar-refractivity contribution in [2.45, 2.75) is 19.3 Å². The third-order valence-electron chi connectivity index (χ3n) is 8.73. The Bertz CT molecular complexity index is 2010. The summed E-state index contributed by atoms with van der Waals surface area (Å²) in [5.41, 5.74) is 12.3. The maximum Gasteiger partial charge on any atom is 0.0583 e. The Hall–Kier alpha value is -5.08. The zero-order chi connectivity index (χ0) is 27.6. The van der Waals surface area contributed by atoms with E-state index in [1.807, 2.05) is 0 Å². The lowest BCUT2D eigenvalue weighted by Gasteiger charge is -2.36. The largest absolute Gasteiger partial charge is 0.310 e. The van der Waals surface area contributed by atoms with Crippen LogP contribution in [0.4, 0.5) is 17.1 Å². The normalized spacial score (nSPS) is 13.3. The van der Waals surface area contributed by atoms with Crippen molar-refractivity contribution in [3.05, 3.63) is 157 Å². The predicted octanol–water partition coefficient (Wildman–Crippen LogP) is 10.6. The molecule has 0 bridgehead atoms. The number of para-hydroxylation sites is 3. The molecule has 0 aliphatic carbocycles. The fourth-order valence-corrected chi connectivity index (χ4v) is 6.74. The summed E-state index contributed by atoms with van der Waals surface area (Å²) in [6.07, 6.45) is 0. The molecule has 196 valence electrons. The molecule has 0 atom stereocenters. The average Bonchev–Trinajstić information content (AvgIpc) is 3.35. The van der Waals surface area contributed by atoms with Crippen molar-refractivity contribution in [3.63, 3.8) is 0 Å². The van der Waals surface area contributed by atoms with Crippen LogP contribution < -0.4 is 4.90 Å². The monoisotopic (exact) mass is 526 g/mol. The Kier molecular flexibility index (Phi) is 5.20. The Balaban J connectivity index is 1.50. The number of fused-ring (bicyclic) bond motifs is 5. The maximum atomic E-state index is 2.49. The van der Waals surface area contributed by atoms with E-state index in [0.717, 1.165) is 11.4 Å². The molecule has 0 saturated heterocycles. The molecule has 0 fully saturated rings. The van der Waals surface area contributed by atoms with Crippen LogP contribution in [0.15, 0.2) is 146 Å². The number of hydrogen-bond donors (Lipinski definition) is 0. The molecule has 0 unspecified atom stereocenters. The van der Waals surface area contributed by atoms with Crippen molar-refractivity contribution in [3.8, 4) is 16.8 Å². The summed E-state index contributed by atoms with van der Waals surface area (Å²) in [7, 11) is 0. The standard InChI is InChI=1S/C39H30N2/c1-39(2)34-20-12-13-21-37(34)41-36-23-22-28(27-14-6-3-7-15-27)24-32(36)33-25-31(26-35(39)38(33)41)40(29-16-8-4-9-17-29)30-18-10-5-11-19-30/h3-26H,1-2H3. The molecular formula is C39H30N2. The SMILES string of the molecule is CC1(C)c2ccccc2-n2c3ccc(-c4ccccc4)cc3c3cc(N(c4ccccc4)c4ccccc4)cc1c32. The zero-order valence-electron chi connectivity index (χ0n) is 23.3. The van der Waals surface area contributed by atoms with Gasteiger partial charge in [-0.2, -0.15) is 0 Å². The molecule has 0 N–H and O–H groups in total. The molecule has 0 radical (unpaired) electrons. The van der Waals surface area contributed by atoms with Gasteiger partial charge in [-0.3, -0.25) is 0 Å². The van der Waals surface area contributed by atoms with Crippen LogP contribution in [-0.4, -0.2) is 4.57 Å². The number of hydrogen-bond acceptors (Lipinski definition) is 1. The Morgan fingerprint density at radius 2 is 1.10 bits per heavy atom. The summed E-state index contributed by atoms with van der Waals surface area (Å²) in [6, 6.07) is 52.8. The van der Waals surface area contributed by atoms with E-state index in [1.54, 1.807) is 0 Å². The number of nitrogens with zero attached hydrogens (tertiary/aromatic N) is 2. The van der Waals surface area contributed by atoms with Gasteiger partial charge >= 0.3 is 0 Å². The maximum absolute atomic E-state index is 2.49. The smallest absolute Gasteiger partial charge is 0.0583 e. The fourth-order valence-electron chi connectivity index (χ4n) is 6.74. The van der Waals surface area contributed by atoms with Crippen LogP contribution in [0.2, 0.25) is 0 Å². The van der Waals surface area contributed by atoms with E-state index >= 15 is 0 Å². The van der Waals surface area contributed by atoms with Crippen LogP contribution >= 0.6 is 0 Å². The van der Waals surface area contributed by atoms with E-state index in [2.05, 4.69) is 169 Å². The van der Waals surface area contributed by atoms with Crippen molar-refractivity contribution in [1.82, 2.24) is 4.57 Å². The van der Waals surface area contributed by atoms with Crippen molar-refractivity contribution >= 4 is 38.9 Å². The summed E-state index contributed by atoms with van der Waals surface area (Å²) in [4.78, 5) is 2.39. The van der Waals surface area contributed by atoms with Crippen LogP contribution in [-0.2, 0) is 5.41 Å². The average molecular weight is 527 g/mol. The van der Waals surface area contributed by atoms with Crippen molar-refractivity contribution < 1.29 is 0 Å². The Labute approximate surface area is 240 Å². The highest BCUT2D eigenvalue weighted by Gasteiger charge is 2.36. The van der Waals surface area contributed by atoms with Gasteiger partial charge in [-0.05, 0) is 76.9 Å². The van der Waals surface area contributed by atoms with Gasteiger partial charge in [-0.1, -0.05) is 105 Å². The van der Waals surface area contributed by atoms with E-state index in [4.69, 9.17) is 0 Å². The molecule has 7 aromatic rings. The number of rotatable bonds is 4. The number of anilines is 3. The molecule has 2 heterocycles. The van der Waals surface area contributed by atoms with Crippen molar-refractivity contribution in [2.24, 2.45) is 0 Å². The minimum Gasteiger partial charge on any atom is -0.310 e. The molecule has 1 aliphatic rings. The third-order valence-corrected chi connectivity index (χ3v) is 8.73. The molecular weight excluding hydrogens is 496 g/mol. The minimum absolute atomic E-state index is 0.170. The van der Waals surface area contributed by atoms with Gasteiger partial charge in [0.2, 0.25) is 0 Å². The highest BCUT2D eigenvalue weighted by molar-refractivity contribution is 6.14. The number of aromatic nitrogens is 1. The third kappa shape index (κ3) is 3.57. The van der Waals surface area contributed by atoms with Crippen LogP contribution in [0.1, 0.15) is 25.0 Å².